The summed E-state index contributed by atoms with van der Waals surface area (Å²) in [7, 11) is 0. The van der Waals surface area contributed by atoms with Gasteiger partial charge in [0.15, 0.2) is 0 Å². The van der Waals surface area contributed by atoms with Gasteiger partial charge in [-0.25, -0.2) is 0 Å². The number of hydrogen-bond donors (Lipinski definition) is 2. The molecule has 2 aliphatic heterocycles. The number of anilines is 2. The van der Waals surface area contributed by atoms with E-state index in [9.17, 15) is 9.59 Å². The Bertz CT molecular complexity index is 795. The van der Waals surface area contributed by atoms with Crippen LogP contribution in [0.3, 0.4) is 0 Å². The van der Waals surface area contributed by atoms with Crippen LogP contribution in [0.1, 0.15) is 28.8 Å². The van der Waals surface area contributed by atoms with Crippen LogP contribution in [0.5, 0.6) is 0 Å². The van der Waals surface area contributed by atoms with Gasteiger partial charge < -0.3 is 15.5 Å². The highest BCUT2D eigenvalue weighted by atomic mass is 16.2. The van der Waals surface area contributed by atoms with E-state index < -0.39 is 6.04 Å². The topological polar surface area (TPSA) is 61.4 Å². The highest BCUT2D eigenvalue weighted by Gasteiger charge is 2.28. The van der Waals surface area contributed by atoms with Gasteiger partial charge in [0, 0.05) is 36.4 Å². The molecule has 0 saturated carbocycles. The van der Waals surface area contributed by atoms with Crippen molar-refractivity contribution in [2.45, 2.75) is 25.3 Å². The maximum Gasteiger partial charge on any atom is 0.252 e. The van der Waals surface area contributed by atoms with E-state index in [1.807, 2.05) is 42.5 Å². The molecule has 2 aliphatic rings. The molecule has 0 aliphatic carbocycles. The van der Waals surface area contributed by atoms with Gasteiger partial charge in [-0.3, -0.25) is 9.59 Å². The molecular formula is C20H21N3O2. The van der Waals surface area contributed by atoms with Gasteiger partial charge in [0.1, 0.15) is 6.04 Å². The molecule has 0 radical (unpaired) electrons. The zero-order valence-electron chi connectivity index (χ0n) is 14.0. The van der Waals surface area contributed by atoms with Crippen LogP contribution < -0.4 is 15.5 Å². The number of amides is 2. The molecular weight excluding hydrogens is 314 g/mol. The van der Waals surface area contributed by atoms with Gasteiger partial charge in [0.25, 0.3) is 5.91 Å². The Kier molecular flexibility index (Phi) is 4.14. The quantitative estimate of drug-likeness (QED) is 0.906. The first kappa shape index (κ1) is 15.7. The van der Waals surface area contributed by atoms with Gasteiger partial charge in [-0.15, -0.1) is 0 Å². The van der Waals surface area contributed by atoms with Gasteiger partial charge in [-0.1, -0.05) is 18.2 Å². The van der Waals surface area contributed by atoms with Crippen LogP contribution in [-0.2, 0) is 11.2 Å². The Hall–Kier alpha value is -2.82. The van der Waals surface area contributed by atoms with Crippen LogP contribution in [0, 0.1) is 0 Å². The number of carbonyl (C=O) groups excluding carboxylic acids is 2. The molecule has 2 heterocycles. The van der Waals surface area contributed by atoms with Crippen molar-refractivity contribution >= 4 is 23.2 Å². The summed E-state index contributed by atoms with van der Waals surface area (Å²) in [6.07, 6.45) is 2.99. The zero-order chi connectivity index (χ0) is 17.2. The van der Waals surface area contributed by atoms with Crippen molar-refractivity contribution in [2.24, 2.45) is 0 Å². The normalized spacial score (nSPS) is 19.3. The molecule has 1 saturated heterocycles. The van der Waals surface area contributed by atoms with Crippen LogP contribution >= 0.6 is 0 Å². The average Bonchev–Trinajstić information content (AvgIpc) is 3.17. The lowest BCUT2D eigenvalue weighted by molar-refractivity contribution is -0.118. The second-order valence-corrected chi connectivity index (χ2v) is 6.62. The molecule has 2 aromatic rings. The van der Waals surface area contributed by atoms with Crippen LogP contribution in [0.25, 0.3) is 0 Å². The number of nitrogens with one attached hydrogen (secondary N) is 2. The molecule has 0 spiro atoms. The Balaban J connectivity index is 1.43. The summed E-state index contributed by atoms with van der Waals surface area (Å²) in [6.45, 7) is 2.19. The third kappa shape index (κ3) is 3.22. The molecule has 1 unspecified atom stereocenters. The average molecular weight is 335 g/mol. The first-order valence-electron chi connectivity index (χ1n) is 8.75. The second kappa shape index (κ2) is 6.59. The largest absolute Gasteiger partial charge is 0.372 e. The van der Waals surface area contributed by atoms with E-state index in [1.54, 1.807) is 6.07 Å². The van der Waals surface area contributed by atoms with Crippen LogP contribution in [0.15, 0.2) is 48.5 Å². The number of carbonyl (C=O) groups is 2. The van der Waals surface area contributed by atoms with Gasteiger partial charge >= 0.3 is 0 Å². The summed E-state index contributed by atoms with van der Waals surface area (Å²) in [6, 6.07) is 14.8. The minimum absolute atomic E-state index is 0.184. The van der Waals surface area contributed by atoms with Crippen molar-refractivity contribution in [3.05, 3.63) is 59.7 Å². The molecule has 2 amide bonds. The lowest BCUT2D eigenvalue weighted by Gasteiger charge is -2.25. The summed E-state index contributed by atoms with van der Waals surface area (Å²) in [5.74, 6) is -0.372. The molecule has 25 heavy (non-hydrogen) atoms. The van der Waals surface area contributed by atoms with E-state index in [2.05, 4.69) is 15.5 Å². The van der Waals surface area contributed by atoms with Crippen molar-refractivity contribution in [3.8, 4) is 0 Å². The van der Waals surface area contributed by atoms with E-state index in [1.165, 1.54) is 18.5 Å². The molecule has 5 heteroatoms. The molecule has 5 nitrogen and oxygen atoms in total. The summed E-state index contributed by atoms with van der Waals surface area (Å²) in [5.41, 5.74) is 3.51. The van der Waals surface area contributed by atoms with Crippen molar-refractivity contribution < 1.29 is 9.59 Å². The molecule has 0 aromatic heterocycles. The van der Waals surface area contributed by atoms with E-state index in [0.717, 1.165) is 24.3 Å². The Morgan fingerprint density at radius 2 is 1.76 bits per heavy atom. The number of hydrogen-bond acceptors (Lipinski definition) is 3. The Labute approximate surface area is 147 Å². The number of nitrogens with zero attached hydrogens (tertiary/aromatic N) is 1. The van der Waals surface area contributed by atoms with Crippen LogP contribution in [-0.4, -0.2) is 30.9 Å². The SMILES string of the molecule is O=C1NC(C(=O)Nc2ccc(N3CCCC3)cc2)Cc2ccccc21. The number of rotatable bonds is 3. The molecule has 2 aromatic carbocycles. The Morgan fingerprint density at radius 1 is 1.04 bits per heavy atom. The first-order valence-corrected chi connectivity index (χ1v) is 8.75. The number of fused-ring (bicyclic) bond motifs is 1. The summed E-state index contributed by atoms with van der Waals surface area (Å²) >= 11 is 0. The summed E-state index contributed by atoms with van der Waals surface area (Å²) in [4.78, 5) is 27.0. The van der Waals surface area contributed by atoms with Crippen molar-refractivity contribution in [3.63, 3.8) is 0 Å². The minimum Gasteiger partial charge on any atom is -0.372 e. The third-order valence-electron chi connectivity index (χ3n) is 4.91. The minimum atomic E-state index is -0.541. The fourth-order valence-electron chi connectivity index (χ4n) is 3.55. The third-order valence-corrected chi connectivity index (χ3v) is 4.91. The molecule has 1 fully saturated rings. The predicted octanol–water partition coefficient (Wildman–Crippen LogP) is 2.58. The molecule has 0 bridgehead atoms. The lowest BCUT2D eigenvalue weighted by atomic mass is 9.95. The van der Waals surface area contributed by atoms with E-state index in [-0.39, 0.29) is 11.8 Å². The lowest BCUT2D eigenvalue weighted by Crippen LogP contribution is -2.48. The van der Waals surface area contributed by atoms with Crippen LogP contribution in [0.2, 0.25) is 0 Å². The molecule has 128 valence electrons. The maximum atomic E-state index is 12.5. The van der Waals surface area contributed by atoms with E-state index >= 15 is 0 Å². The maximum absolute atomic E-state index is 12.5. The van der Waals surface area contributed by atoms with Crippen LogP contribution in [0.4, 0.5) is 11.4 Å². The summed E-state index contributed by atoms with van der Waals surface area (Å²) in [5, 5.41) is 5.70. The molecule has 1 atom stereocenters. The van der Waals surface area contributed by atoms with E-state index in [0.29, 0.717) is 12.0 Å². The van der Waals surface area contributed by atoms with Crippen molar-refractivity contribution in [1.29, 1.82) is 0 Å². The van der Waals surface area contributed by atoms with Crippen molar-refractivity contribution in [2.75, 3.05) is 23.3 Å². The standard InChI is InChI=1S/C20H21N3O2/c24-19-17-6-2-1-5-14(17)13-18(22-19)20(25)21-15-7-9-16(10-8-15)23-11-3-4-12-23/h1-2,5-10,18H,3-4,11-13H2,(H,21,25)(H,22,24). The van der Waals surface area contributed by atoms with Gasteiger partial charge in [0.05, 0.1) is 0 Å². The highest BCUT2D eigenvalue weighted by molar-refractivity contribution is 6.03. The fourth-order valence-corrected chi connectivity index (χ4v) is 3.55. The van der Waals surface area contributed by atoms with Gasteiger partial charge in [0.2, 0.25) is 5.91 Å². The fraction of sp³-hybridized carbons (Fsp3) is 0.300. The monoisotopic (exact) mass is 335 g/mol. The summed E-state index contributed by atoms with van der Waals surface area (Å²) < 4.78 is 0. The molecule has 4 rings (SSSR count). The van der Waals surface area contributed by atoms with E-state index in [4.69, 9.17) is 0 Å². The first-order chi connectivity index (χ1) is 12.2. The predicted molar refractivity (Wildman–Crippen MR) is 97.9 cm³/mol. The second-order valence-electron chi connectivity index (χ2n) is 6.62. The zero-order valence-corrected chi connectivity index (χ0v) is 14.0. The van der Waals surface area contributed by atoms with Crippen molar-refractivity contribution in [1.82, 2.24) is 5.32 Å². The smallest absolute Gasteiger partial charge is 0.252 e. The van der Waals surface area contributed by atoms with Gasteiger partial charge in [-0.05, 0) is 48.7 Å². The number of benzene rings is 2. The molecule has 2 N–H and O–H groups in total. The highest BCUT2D eigenvalue weighted by Crippen LogP contribution is 2.23. The van der Waals surface area contributed by atoms with Gasteiger partial charge in [-0.2, -0.15) is 0 Å². The Morgan fingerprint density at radius 3 is 2.52 bits per heavy atom.